The molecule has 2 rings (SSSR count). The van der Waals surface area contributed by atoms with Crippen molar-refractivity contribution < 1.29 is 14.5 Å². The van der Waals surface area contributed by atoms with Gasteiger partial charge in [-0.2, -0.15) is 0 Å². The maximum absolute atomic E-state index is 12.3. The number of amides is 2. The smallest absolute Gasteiger partial charge is 0.270 e. The number of nitrogens with two attached hydrogens (primary N) is 1. The number of piperidine rings is 1. The number of hydrogen-bond acceptors (Lipinski definition) is 5. The first-order valence-electron chi connectivity index (χ1n) is 7.48. The summed E-state index contributed by atoms with van der Waals surface area (Å²) in [6.45, 7) is 3.44. The molecule has 1 saturated heterocycles. The van der Waals surface area contributed by atoms with Crippen LogP contribution in [-0.4, -0.2) is 36.4 Å². The zero-order valence-corrected chi connectivity index (χ0v) is 12.9. The van der Waals surface area contributed by atoms with Gasteiger partial charge in [-0.25, -0.2) is 0 Å². The summed E-state index contributed by atoms with van der Waals surface area (Å²) in [4.78, 5) is 35.6. The zero-order valence-electron chi connectivity index (χ0n) is 12.9. The molecule has 8 heteroatoms. The highest BCUT2D eigenvalue weighted by atomic mass is 16.6. The fourth-order valence-corrected chi connectivity index (χ4v) is 2.61. The van der Waals surface area contributed by atoms with Crippen LogP contribution in [0.15, 0.2) is 18.2 Å². The van der Waals surface area contributed by atoms with E-state index in [9.17, 15) is 19.7 Å². The third kappa shape index (κ3) is 4.18. The van der Waals surface area contributed by atoms with Crippen LogP contribution >= 0.6 is 0 Å². The lowest BCUT2D eigenvalue weighted by Crippen LogP contribution is -2.37. The Morgan fingerprint density at radius 3 is 2.61 bits per heavy atom. The second-order valence-electron chi connectivity index (χ2n) is 5.78. The highest BCUT2D eigenvalue weighted by molar-refractivity contribution is 6.01. The van der Waals surface area contributed by atoms with Gasteiger partial charge < -0.3 is 16.0 Å². The lowest BCUT2D eigenvalue weighted by molar-refractivity contribution is -0.384. The van der Waals surface area contributed by atoms with Crippen molar-refractivity contribution in [3.63, 3.8) is 0 Å². The molecule has 2 amide bonds. The van der Waals surface area contributed by atoms with Gasteiger partial charge in [0.15, 0.2) is 0 Å². The minimum Gasteiger partial charge on any atom is -0.371 e. The van der Waals surface area contributed by atoms with Gasteiger partial charge in [-0.3, -0.25) is 19.7 Å². The molecule has 1 fully saturated rings. The maximum Gasteiger partial charge on any atom is 0.270 e. The molecule has 124 valence electrons. The minimum absolute atomic E-state index is 0.164. The molecule has 8 nitrogen and oxygen atoms in total. The van der Waals surface area contributed by atoms with Gasteiger partial charge in [0.2, 0.25) is 5.91 Å². The Morgan fingerprint density at radius 1 is 1.39 bits per heavy atom. The average Bonchev–Trinajstić information content (AvgIpc) is 2.52. The molecule has 3 N–H and O–H groups in total. The van der Waals surface area contributed by atoms with Crippen LogP contribution in [0.25, 0.3) is 0 Å². The lowest BCUT2D eigenvalue weighted by atomic mass is 9.98. The van der Waals surface area contributed by atoms with Crippen LogP contribution in [-0.2, 0) is 4.79 Å². The number of nitrogens with one attached hydrogen (secondary N) is 1. The molecule has 0 radical (unpaired) electrons. The fourth-order valence-electron chi connectivity index (χ4n) is 2.61. The van der Waals surface area contributed by atoms with E-state index in [1.165, 1.54) is 12.1 Å². The topological polar surface area (TPSA) is 119 Å². The van der Waals surface area contributed by atoms with E-state index in [2.05, 4.69) is 12.2 Å². The van der Waals surface area contributed by atoms with Crippen molar-refractivity contribution in [2.45, 2.75) is 19.8 Å². The average molecular weight is 320 g/mol. The quantitative estimate of drug-likeness (QED) is 0.621. The molecule has 0 bridgehead atoms. The number of carbonyl (C=O) groups excluding carboxylic acids is 2. The number of nitrogens with zero attached hydrogens (tertiary/aromatic N) is 2. The highest BCUT2D eigenvalue weighted by Gasteiger charge is 2.23. The summed E-state index contributed by atoms with van der Waals surface area (Å²) in [5.74, 6) is -0.588. The first-order chi connectivity index (χ1) is 10.9. The Labute approximate surface area is 133 Å². The predicted octanol–water partition coefficient (Wildman–Crippen LogP) is 1.05. The molecule has 1 aromatic carbocycles. The summed E-state index contributed by atoms with van der Waals surface area (Å²) in [6, 6.07) is 4.22. The van der Waals surface area contributed by atoms with Crippen molar-refractivity contribution in [3.8, 4) is 0 Å². The largest absolute Gasteiger partial charge is 0.371 e. The molecule has 0 spiro atoms. The van der Waals surface area contributed by atoms with E-state index in [-0.39, 0.29) is 17.8 Å². The van der Waals surface area contributed by atoms with Gasteiger partial charge in [0, 0.05) is 25.2 Å². The Balaban J connectivity index is 2.30. The number of primary amides is 1. The molecule has 0 saturated carbocycles. The Hall–Kier alpha value is -2.64. The second kappa shape index (κ2) is 7.08. The van der Waals surface area contributed by atoms with Crippen LogP contribution in [0.3, 0.4) is 0 Å². The molecule has 1 aliphatic rings. The first-order valence-corrected chi connectivity index (χ1v) is 7.48. The monoisotopic (exact) mass is 320 g/mol. The van der Waals surface area contributed by atoms with E-state index in [1.807, 2.05) is 4.90 Å². The fraction of sp³-hybridized carbons (Fsp3) is 0.467. The Morgan fingerprint density at radius 2 is 2.04 bits per heavy atom. The number of non-ortho nitro benzene ring substituents is 1. The van der Waals surface area contributed by atoms with E-state index >= 15 is 0 Å². The predicted molar refractivity (Wildman–Crippen MR) is 85.2 cm³/mol. The Bertz CT molecular complexity index is 624. The van der Waals surface area contributed by atoms with Crippen LogP contribution in [0.4, 0.5) is 11.4 Å². The Kier molecular flexibility index (Phi) is 5.15. The van der Waals surface area contributed by atoms with Crippen molar-refractivity contribution in [1.82, 2.24) is 5.32 Å². The van der Waals surface area contributed by atoms with Crippen LogP contribution in [0.1, 0.15) is 30.1 Å². The van der Waals surface area contributed by atoms with E-state index in [1.54, 1.807) is 6.07 Å². The van der Waals surface area contributed by atoms with Gasteiger partial charge in [0.05, 0.1) is 22.7 Å². The molecule has 1 aromatic rings. The third-order valence-electron chi connectivity index (χ3n) is 3.98. The normalized spacial score (nSPS) is 15.3. The molecule has 0 aliphatic carbocycles. The number of nitro groups is 1. The van der Waals surface area contributed by atoms with Crippen LogP contribution in [0.2, 0.25) is 0 Å². The summed E-state index contributed by atoms with van der Waals surface area (Å²) in [6.07, 6.45) is 2.00. The van der Waals surface area contributed by atoms with E-state index in [4.69, 9.17) is 5.73 Å². The summed E-state index contributed by atoms with van der Waals surface area (Å²) in [7, 11) is 0. The lowest BCUT2D eigenvalue weighted by Gasteiger charge is -2.33. The third-order valence-corrected chi connectivity index (χ3v) is 3.98. The molecular weight excluding hydrogens is 300 g/mol. The van der Waals surface area contributed by atoms with Crippen LogP contribution in [0, 0.1) is 16.0 Å². The van der Waals surface area contributed by atoms with Gasteiger partial charge >= 0.3 is 0 Å². The number of hydrogen-bond donors (Lipinski definition) is 2. The van der Waals surface area contributed by atoms with Gasteiger partial charge in [0.25, 0.3) is 11.6 Å². The maximum atomic E-state index is 12.3. The second-order valence-corrected chi connectivity index (χ2v) is 5.78. The molecule has 0 unspecified atom stereocenters. The summed E-state index contributed by atoms with van der Waals surface area (Å²) in [5, 5.41) is 13.3. The minimum atomic E-state index is -0.669. The van der Waals surface area contributed by atoms with Crippen molar-refractivity contribution in [1.29, 1.82) is 0 Å². The van der Waals surface area contributed by atoms with Gasteiger partial charge in [-0.05, 0) is 24.8 Å². The van der Waals surface area contributed by atoms with Crippen molar-refractivity contribution in [3.05, 3.63) is 33.9 Å². The summed E-state index contributed by atoms with van der Waals surface area (Å²) in [5.41, 5.74) is 5.69. The SMILES string of the molecule is CC1CCN(c2ccc([N+](=O)[O-])cc2C(=O)NCC(N)=O)CC1. The molecular formula is C15H20N4O4. The van der Waals surface area contributed by atoms with E-state index < -0.39 is 16.7 Å². The number of carbonyl (C=O) groups is 2. The van der Waals surface area contributed by atoms with E-state index in [0.29, 0.717) is 11.6 Å². The summed E-state index contributed by atoms with van der Waals surface area (Å²) < 4.78 is 0. The van der Waals surface area contributed by atoms with Gasteiger partial charge in [0.1, 0.15) is 0 Å². The first kappa shape index (κ1) is 16.7. The number of rotatable bonds is 5. The van der Waals surface area contributed by atoms with Crippen LogP contribution in [0.5, 0.6) is 0 Å². The number of nitro benzene ring substituents is 1. The van der Waals surface area contributed by atoms with Crippen molar-refractivity contribution >= 4 is 23.2 Å². The molecule has 1 aliphatic heterocycles. The molecule has 1 heterocycles. The van der Waals surface area contributed by atoms with E-state index in [0.717, 1.165) is 25.9 Å². The van der Waals surface area contributed by atoms with Crippen molar-refractivity contribution in [2.75, 3.05) is 24.5 Å². The standard InChI is InChI=1S/C15H20N4O4/c1-10-4-6-18(7-5-10)13-3-2-11(19(22)23)8-12(13)15(21)17-9-14(16)20/h2-3,8,10H,4-7,9H2,1H3,(H2,16,20)(H,17,21). The molecule has 0 atom stereocenters. The number of anilines is 1. The highest BCUT2D eigenvalue weighted by Crippen LogP contribution is 2.29. The van der Waals surface area contributed by atoms with Crippen LogP contribution < -0.4 is 16.0 Å². The molecule has 23 heavy (non-hydrogen) atoms. The van der Waals surface area contributed by atoms with Gasteiger partial charge in [-0.1, -0.05) is 6.92 Å². The van der Waals surface area contributed by atoms with Gasteiger partial charge in [-0.15, -0.1) is 0 Å². The molecule has 0 aromatic heterocycles. The van der Waals surface area contributed by atoms with Crippen molar-refractivity contribution in [2.24, 2.45) is 11.7 Å². The number of benzene rings is 1. The summed E-state index contributed by atoms with van der Waals surface area (Å²) >= 11 is 0. The zero-order chi connectivity index (χ0) is 17.0.